The Labute approximate surface area is 357 Å². The molecule has 0 amide bonds. The van der Waals surface area contributed by atoms with Gasteiger partial charge in [-0.05, 0) is 119 Å². The Morgan fingerprint density at radius 3 is 1.36 bits per heavy atom. The van der Waals surface area contributed by atoms with E-state index in [0.29, 0.717) is 0 Å². The first kappa shape index (κ1) is 36.1. The quantitative estimate of drug-likeness (QED) is 0.139. The predicted molar refractivity (Wildman–Crippen MR) is 261 cm³/mol. The normalized spacial score (nSPS) is 11.3. The summed E-state index contributed by atoms with van der Waals surface area (Å²) in [5, 5.41) is 7.54. The highest BCUT2D eigenvalue weighted by molar-refractivity contribution is 6.14. The van der Waals surface area contributed by atoms with Gasteiger partial charge in [-0.25, -0.2) is 0 Å². The molecule has 0 aliphatic rings. The molecule has 11 aromatic carbocycles. The van der Waals surface area contributed by atoms with Crippen LogP contribution in [0.1, 0.15) is 0 Å². The molecular weight excluding hydrogens is 735 g/mol. The van der Waals surface area contributed by atoms with E-state index in [2.05, 4.69) is 254 Å². The Morgan fingerprint density at radius 2 is 0.672 bits per heavy atom. The molecule has 0 saturated carbocycles. The third-order valence-corrected chi connectivity index (χ3v) is 12.1. The minimum absolute atomic E-state index is 1.08. The molecule has 1 nitrogen and oxygen atoms in total. The molecule has 0 heterocycles. The first-order chi connectivity index (χ1) is 30.3. The van der Waals surface area contributed by atoms with Gasteiger partial charge in [-0.2, -0.15) is 0 Å². The zero-order valence-corrected chi connectivity index (χ0v) is 33.6. The topological polar surface area (TPSA) is 3.24 Å². The van der Waals surface area contributed by atoms with Gasteiger partial charge < -0.3 is 4.90 Å². The molecule has 11 rings (SSSR count). The third-order valence-electron chi connectivity index (χ3n) is 12.1. The second-order valence-corrected chi connectivity index (χ2v) is 15.6. The number of anilines is 3. The van der Waals surface area contributed by atoms with E-state index in [4.69, 9.17) is 0 Å². The van der Waals surface area contributed by atoms with Crippen molar-refractivity contribution < 1.29 is 0 Å². The summed E-state index contributed by atoms with van der Waals surface area (Å²) in [5.74, 6) is 0. The summed E-state index contributed by atoms with van der Waals surface area (Å²) in [6.45, 7) is 0. The molecule has 0 atom stereocenters. The van der Waals surface area contributed by atoms with Gasteiger partial charge in [-0.3, -0.25) is 0 Å². The molecule has 0 radical (unpaired) electrons. The Kier molecular flexibility index (Phi) is 9.26. The lowest BCUT2D eigenvalue weighted by Gasteiger charge is -2.30. The molecule has 286 valence electrons. The van der Waals surface area contributed by atoms with E-state index in [1.807, 2.05) is 0 Å². The van der Waals surface area contributed by atoms with Crippen LogP contribution in [-0.4, -0.2) is 0 Å². The highest BCUT2D eigenvalue weighted by atomic mass is 15.1. The van der Waals surface area contributed by atoms with Gasteiger partial charge in [0.1, 0.15) is 0 Å². The molecule has 0 spiro atoms. The maximum absolute atomic E-state index is 2.44. The maximum atomic E-state index is 2.44. The summed E-state index contributed by atoms with van der Waals surface area (Å²) in [6, 6.07) is 90.5. The highest BCUT2D eigenvalue weighted by Crippen LogP contribution is 2.48. The zero-order chi connectivity index (χ0) is 40.5. The molecule has 0 saturated heterocycles. The van der Waals surface area contributed by atoms with Gasteiger partial charge in [-0.1, -0.05) is 212 Å². The monoisotopic (exact) mass is 775 g/mol. The van der Waals surface area contributed by atoms with Crippen molar-refractivity contribution in [2.24, 2.45) is 0 Å². The summed E-state index contributed by atoms with van der Waals surface area (Å²) in [6.07, 6.45) is 0. The number of benzene rings is 11. The van der Waals surface area contributed by atoms with Crippen molar-refractivity contribution in [3.8, 4) is 55.6 Å². The fourth-order valence-electron chi connectivity index (χ4n) is 9.22. The van der Waals surface area contributed by atoms with Gasteiger partial charge in [0.15, 0.2) is 0 Å². The lowest BCUT2D eigenvalue weighted by Crippen LogP contribution is -2.12. The average molecular weight is 776 g/mol. The molecule has 0 aliphatic carbocycles. The molecule has 61 heavy (non-hydrogen) atoms. The molecule has 0 aromatic heterocycles. The van der Waals surface area contributed by atoms with Crippen LogP contribution in [-0.2, 0) is 0 Å². The Hall–Kier alpha value is -8.00. The van der Waals surface area contributed by atoms with Crippen LogP contribution >= 0.6 is 0 Å². The maximum Gasteiger partial charge on any atom is 0.0546 e. The Balaban J connectivity index is 1.13. The summed E-state index contributed by atoms with van der Waals surface area (Å²) in [7, 11) is 0. The first-order valence-corrected chi connectivity index (χ1v) is 21.0. The predicted octanol–water partition coefficient (Wildman–Crippen LogP) is 17.0. The van der Waals surface area contributed by atoms with Gasteiger partial charge in [0.25, 0.3) is 0 Å². The summed E-state index contributed by atoms with van der Waals surface area (Å²) in [5.41, 5.74) is 15.2. The molecule has 0 aliphatic heterocycles. The van der Waals surface area contributed by atoms with Crippen LogP contribution in [0.15, 0.2) is 249 Å². The molecular formula is C60H41N. The van der Waals surface area contributed by atoms with Crippen molar-refractivity contribution in [1.82, 2.24) is 0 Å². The van der Waals surface area contributed by atoms with Crippen LogP contribution in [0.5, 0.6) is 0 Å². The highest BCUT2D eigenvalue weighted by Gasteiger charge is 2.23. The largest absolute Gasteiger partial charge is 0.310 e. The molecule has 0 N–H and O–H groups in total. The zero-order valence-electron chi connectivity index (χ0n) is 33.6. The van der Waals surface area contributed by atoms with E-state index < -0.39 is 0 Å². The molecule has 0 unspecified atom stereocenters. The smallest absolute Gasteiger partial charge is 0.0546 e. The van der Waals surface area contributed by atoms with E-state index in [1.165, 1.54) is 88.0 Å². The summed E-state index contributed by atoms with van der Waals surface area (Å²) >= 11 is 0. The number of nitrogens with zero attached hydrogens (tertiary/aromatic N) is 1. The van der Waals surface area contributed by atoms with Gasteiger partial charge in [0, 0.05) is 16.9 Å². The molecule has 1 heteroatoms. The number of fused-ring (bicyclic) bond motifs is 4. The van der Waals surface area contributed by atoms with Gasteiger partial charge in [0.05, 0.1) is 5.69 Å². The van der Waals surface area contributed by atoms with Crippen LogP contribution in [0.4, 0.5) is 17.1 Å². The van der Waals surface area contributed by atoms with Gasteiger partial charge in [-0.15, -0.1) is 0 Å². The standard InChI is InChI=1S/C60H41N/c1-3-17-42(18-4-1)52-25-11-14-29-57(52)60-54(44-19-5-2-6-20-44)31-16-32-59(60)61(48-37-33-45(34-38-48)51-30-15-23-43-21-7-9-24-50(43)51)49-39-35-46(36-40-49)58-41-47-22-8-10-26-53(47)55-27-12-13-28-56(55)58/h1-41H. The van der Waals surface area contributed by atoms with Gasteiger partial charge >= 0.3 is 0 Å². The van der Waals surface area contributed by atoms with E-state index in [9.17, 15) is 0 Å². The fourth-order valence-corrected chi connectivity index (χ4v) is 9.22. The fraction of sp³-hybridized carbons (Fsp3) is 0. The van der Waals surface area contributed by atoms with E-state index in [1.54, 1.807) is 0 Å². The van der Waals surface area contributed by atoms with Crippen LogP contribution < -0.4 is 4.90 Å². The molecule has 11 aromatic rings. The first-order valence-electron chi connectivity index (χ1n) is 21.0. The van der Waals surface area contributed by atoms with Crippen LogP contribution in [0.2, 0.25) is 0 Å². The van der Waals surface area contributed by atoms with Crippen molar-refractivity contribution in [3.05, 3.63) is 249 Å². The third kappa shape index (κ3) is 6.63. The average Bonchev–Trinajstić information content (AvgIpc) is 3.34. The number of hydrogen-bond acceptors (Lipinski definition) is 1. The van der Waals surface area contributed by atoms with Crippen molar-refractivity contribution in [2.45, 2.75) is 0 Å². The second kappa shape index (κ2) is 15.6. The van der Waals surface area contributed by atoms with Crippen molar-refractivity contribution in [1.29, 1.82) is 0 Å². The summed E-state index contributed by atoms with van der Waals surface area (Å²) in [4.78, 5) is 2.44. The Bertz CT molecular complexity index is 3330. The van der Waals surface area contributed by atoms with Crippen molar-refractivity contribution in [3.63, 3.8) is 0 Å². The minimum atomic E-state index is 1.08. The van der Waals surface area contributed by atoms with Crippen molar-refractivity contribution >= 4 is 49.4 Å². The lowest BCUT2D eigenvalue weighted by molar-refractivity contribution is 1.28. The minimum Gasteiger partial charge on any atom is -0.310 e. The Morgan fingerprint density at radius 1 is 0.230 bits per heavy atom. The SMILES string of the molecule is c1ccc(-c2ccccc2-c2c(-c3ccccc3)cccc2N(c2ccc(-c3cccc4ccccc34)cc2)c2ccc(-c3cc4ccccc4c4ccccc34)cc2)cc1. The van der Waals surface area contributed by atoms with E-state index in [-0.39, 0.29) is 0 Å². The number of rotatable bonds is 8. The van der Waals surface area contributed by atoms with Gasteiger partial charge in [0.2, 0.25) is 0 Å². The van der Waals surface area contributed by atoms with E-state index >= 15 is 0 Å². The lowest BCUT2D eigenvalue weighted by atomic mass is 9.87. The van der Waals surface area contributed by atoms with E-state index in [0.717, 1.165) is 17.1 Å². The van der Waals surface area contributed by atoms with Crippen molar-refractivity contribution in [2.75, 3.05) is 4.90 Å². The molecule has 0 fully saturated rings. The van der Waals surface area contributed by atoms with Crippen LogP contribution in [0, 0.1) is 0 Å². The van der Waals surface area contributed by atoms with Crippen LogP contribution in [0.25, 0.3) is 88.0 Å². The second-order valence-electron chi connectivity index (χ2n) is 15.6. The number of hydrogen-bond donors (Lipinski definition) is 0. The van der Waals surface area contributed by atoms with Crippen LogP contribution in [0.3, 0.4) is 0 Å². The molecule has 0 bridgehead atoms. The summed E-state index contributed by atoms with van der Waals surface area (Å²) < 4.78 is 0.